The van der Waals surface area contributed by atoms with Crippen molar-refractivity contribution >= 4 is 17.6 Å². The first-order valence-corrected chi connectivity index (χ1v) is 12.3. The highest BCUT2D eigenvalue weighted by molar-refractivity contribution is 6.00. The van der Waals surface area contributed by atoms with Gasteiger partial charge in [0.05, 0.1) is 18.5 Å². The summed E-state index contributed by atoms with van der Waals surface area (Å²) in [5.74, 6) is 0.985. The summed E-state index contributed by atoms with van der Waals surface area (Å²) in [6.45, 7) is 2.07. The van der Waals surface area contributed by atoms with Crippen molar-refractivity contribution in [3.05, 3.63) is 71.8 Å². The molecule has 0 aliphatic carbocycles. The zero-order valence-corrected chi connectivity index (χ0v) is 20.6. The van der Waals surface area contributed by atoms with Crippen molar-refractivity contribution < 1.29 is 28.2 Å². The van der Waals surface area contributed by atoms with Crippen LogP contribution >= 0.6 is 0 Å². The van der Waals surface area contributed by atoms with Crippen molar-refractivity contribution in [2.24, 2.45) is 5.92 Å². The fourth-order valence-electron chi connectivity index (χ4n) is 4.46. The molecule has 10 heteroatoms. The molecule has 5 rings (SSSR count). The van der Waals surface area contributed by atoms with Gasteiger partial charge in [-0.25, -0.2) is 9.18 Å². The maximum Gasteiger partial charge on any atom is 0.342 e. The summed E-state index contributed by atoms with van der Waals surface area (Å²) in [6, 6.07) is 10.2. The van der Waals surface area contributed by atoms with E-state index in [4.69, 9.17) is 14.2 Å². The first kappa shape index (κ1) is 24.8. The SMILES string of the molecule is CN1C(=O)[C@@H](NC(=O)n2cc(Cc3cccc(F)c3)cn2)COc2ccc(OCC3CCOCC3)cc21. The molecule has 37 heavy (non-hydrogen) atoms. The number of aromatic nitrogens is 2. The second kappa shape index (κ2) is 11.0. The summed E-state index contributed by atoms with van der Waals surface area (Å²) in [6.07, 6.45) is 5.46. The van der Waals surface area contributed by atoms with Gasteiger partial charge < -0.3 is 24.4 Å². The number of fused-ring (bicyclic) bond motifs is 1. The molecule has 0 bridgehead atoms. The van der Waals surface area contributed by atoms with Gasteiger partial charge in [0.25, 0.3) is 5.91 Å². The Labute approximate surface area is 214 Å². The molecule has 1 N–H and O–H groups in total. The Morgan fingerprint density at radius 3 is 2.84 bits per heavy atom. The molecule has 1 fully saturated rings. The van der Waals surface area contributed by atoms with Gasteiger partial charge in [-0.05, 0) is 54.2 Å². The molecular formula is C27H29FN4O5. The normalized spacial score (nSPS) is 18.1. The number of halogens is 1. The minimum atomic E-state index is -0.910. The third-order valence-corrected chi connectivity index (χ3v) is 6.59. The van der Waals surface area contributed by atoms with Crippen LogP contribution in [0.1, 0.15) is 24.0 Å². The van der Waals surface area contributed by atoms with Crippen LogP contribution in [0.4, 0.5) is 14.9 Å². The summed E-state index contributed by atoms with van der Waals surface area (Å²) < 4.78 is 31.8. The number of hydrogen-bond donors (Lipinski definition) is 1. The van der Waals surface area contributed by atoms with E-state index in [-0.39, 0.29) is 18.3 Å². The van der Waals surface area contributed by atoms with Gasteiger partial charge in [-0.15, -0.1) is 0 Å². The Morgan fingerprint density at radius 1 is 1.19 bits per heavy atom. The fraction of sp³-hybridized carbons (Fsp3) is 0.370. The minimum absolute atomic E-state index is 0.0262. The molecule has 9 nitrogen and oxygen atoms in total. The van der Waals surface area contributed by atoms with E-state index < -0.39 is 12.1 Å². The maximum absolute atomic E-state index is 13.5. The number of nitrogens with one attached hydrogen (secondary N) is 1. The van der Waals surface area contributed by atoms with Gasteiger partial charge in [0.2, 0.25) is 0 Å². The zero-order chi connectivity index (χ0) is 25.8. The van der Waals surface area contributed by atoms with Crippen LogP contribution in [0.5, 0.6) is 11.5 Å². The molecule has 3 aromatic rings. The average Bonchev–Trinajstić information content (AvgIpc) is 3.34. The molecule has 2 aromatic carbocycles. The van der Waals surface area contributed by atoms with Crippen molar-refractivity contribution in [3.63, 3.8) is 0 Å². The van der Waals surface area contributed by atoms with Crippen LogP contribution in [0.3, 0.4) is 0 Å². The summed E-state index contributed by atoms with van der Waals surface area (Å²) in [5.41, 5.74) is 2.08. The van der Waals surface area contributed by atoms with E-state index >= 15 is 0 Å². The Hall–Kier alpha value is -3.92. The maximum atomic E-state index is 13.5. The lowest BCUT2D eigenvalue weighted by Crippen LogP contribution is -2.50. The predicted octanol–water partition coefficient (Wildman–Crippen LogP) is 3.40. The number of nitrogens with zero attached hydrogens (tertiary/aromatic N) is 3. The summed E-state index contributed by atoms with van der Waals surface area (Å²) >= 11 is 0. The Morgan fingerprint density at radius 2 is 2.03 bits per heavy atom. The smallest absolute Gasteiger partial charge is 0.342 e. The number of anilines is 1. The van der Waals surface area contributed by atoms with Crippen molar-refractivity contribution in [1.82, 2.24) is 15.1 Å². The molecule has 0 spiro atoms. The molecule has 0 unspecified atom stereocenters. The molecule has 0 saturated carbocycles. The molecule has 1 aromatic heterocycles. The van der Waals surface area contributed by atoms with Crippen molar-refractivity contribution in [3.8, 4) is 11.5 Å². The number of carbonyl (C=O) groups excluding carboxylic acids is 2. The van der Waals surface area contributed by atoms with E-state index in [0.717, 1.165) is 41.9 Å². The van der Waals surface area contributed by atoms with Gasteiger partial charge in [0.1, 0.15) is 30.0 Å². The lowest BCUT2D eigenvalue weighted by Gasteiger charge is -2.23. The Balaban J connectivity index is 1.21. The summed E-state index contributed by atoms with van der Waals surface area (Å²) in [5, 5.41) is 6.80. The van der Waals surface area contributed by atoms with Crippen molar-refractivity contribution in [2.75, 3.05) is 38.4 Å². The highest BCUT2D eigenvalue weighted by Gasteiger charge is 2.31. The average molecular weight is 509 g/mol. The second-order valence-corrected chi connectivity index (χ2v) is 9.31. The van der Waals surface area contributed by atoms with Gasteiger partial charge in [-0.3, -0.25) is 4.79 Å². The van der Waals surface area contributed by atoms with Crippen LogP contribution in [0.15, 0.2) is 54.9 Å². The number of likely N-dealkylation sites (N-methyl/N-ethyl adjacent to an activating group) is 1. The monoisotopic (exact) mass is 508 g/mol. The molecule has 1 saturated heterocycles. The lowest BCUT2D eigenvalue weighted by molar-refractivity contribution is -0.120. The standard InChI is InChI=1S/C27H29FN4O5/c1-31-24-13-22(36-16-18-7-9-35-10-8-18)5-6-25(24)37-17-23(26(31)33)30-27(34)32-15-20(14-29-32)11-19-3-2-4-21(28)12-19/h2-6,12-15,18,23H,7-11,16-17H2,1H3,(H,30,34)/t23-/m0/s1. The molecule has 194 valence electrons. The molecular weight excluding hydrogens is 479 g/mol. The van der Waals surface area contributed by atoms with E-state index in [1.807, 2.05) is 6.07 Å². The van der Waals surface area contributed by atoms with Gasteiger partial charge in [0.15, 0.2) is 0 Å². The van der Waals surface area contributed by atoms with E-state index in [0.29, 0.717) is 36.1 Å². The number of benzene rings is 2. The largest absolute Gasteiger partial charge is 0.493 e. The fourth-order valence-corrected chi connectivity index (χ4v) is 4.46. The summed E-state index contributed by atoms with van der Waals surface area (Å²) in [4.78, 5) is 27.5. The quantitative estimate of drug-likeness (QED) is 0.549. The number of amides is 2. The van der Waals surface area contributed by atoms with Crippen LogP contribution in [0, 0.1) is 11.7 Å². The second-order valence-electron chi connectivity index (χ2n) is 9.31. The Kier molecular flexibility index (Phi) is 7.36. The van der Waals surface area contributed by atoms with E-state index in [1.165, 1.54) is 17.0 Å². The number of rotatable bonds is 6. The Bertz CT molecular complexity index is 1270. The molecule has 1 atom stereocenters. The van der Waals surface area contributed by atoms with E-state index in [9.17, 15) is 14.0 Å². The van der Waals surface area contributed by atoms with Crippen molar-refractivity contribution in [1.29, 1.82) is 0 Å². The topological polar surface area (TPSA) is 94.9 Å². The van der Waals surface area contributed by atoms with Crippen molar-refractivity contribution in [2.45, 2.75) is 25.3 Å². The van der Waals surface area contributed by atoms with Gasteiger partial charge in [-0.1, -0.05) is 12.1 Å². The predicted molar refractivity (Wildman–Crippen MR) is 134 cm³/mol. The first-order valence-electron chi connectivity index (χ1n) is 12.3. The highest BCUT2D eigenvalue weighted by Crippen LogP contribution is 2.34. The van der Waals surface area contributed by atoms with Crippen LogP contribution in [0.2, 0.25) is 0 Å². The minimum Gasteiger partial charge on any atom is -0.493 e. The van der Waals surface area contributed by atoms with Gasteiger partial charge in [0, 0.05) is 38.9 Å². The van der Waals surface area contributed by atoms with E-state index in [1.54, 1.807) is 43.7 Å². The van der Waals surface area contributed by atoms with Crippen LogP contribution < -0.4 is 19.7 Å². The van der Waals surface area contributed by atoms with Gasteiger partial charge in [-0.2, -0.15) is 9.78 Å². The third-order valence-electron chi connectivity index (χ3n) is 6.59. The number of hydrogen-bond acceptors (Lipinski definition) is 6. The molecule has 0 radical (unpaired) electrons. The first-order chi connectivity index (χ1) is 18.0. The number of carbonyl (C=O) groups is 2. The molecule has 3 heterocycles. The number of ether oxygens (including phenoxy) is 3. The van der Waals surface area contributed by atoms with Crippen LogP contribution in [-0.4, -0.2) is 61.2 Å². The summed E-state index contributed by atoms with van der Waals surface area (Å²) in [7, 11) is 1.64. The van der Waals surface area contributed by atoms with Gasteiger partial charge >= 0.3 is 6.03 Å². The highest BCUT2D eigenvalue weighted by atomic mass is 19.1. The molecule has 2 amide bonds. The van der Waals surface area contributed by atoms with Crippen LogP contribution in [-0.2, 0) is 16.0 Å². The van der Waals surface area contributed by atoms with E-state index in [2.05, 4.69) is 10.4 Å². The third kappa shape index (κ3) is 5.91. The molecule has 2 aliphatic rings. The molecule has 2 aliphatic heterocycles. The lowest BCUT2D eigenvalue weighted by atomic mass is 10.0. The van der Waals surface area contributed by atoms with Crippen LogP contribution in [0.25, 0.3) is 0 Å². The zero-order valence-electron chi connectivity index (χ0n) is 20.6.